The molecule has 1 aliphatic rings. The lowest BCUT2D eigenvalue weighted by atomic mass is 10.1. The predicted molar refractivity (Wildman–Crippen MR) is 126 cm³/mol. The largest absolute Gasteiger partial charge is 0.330 e. The van der Waals surface area contributed by atoms with E-state index in [4.69, 9.17) is 11.6 Å². The van der Waals surface area contributed by atoms with Gasteiger partial charge in [0.25, 0.3) is 11.8 Å². The molecule has 158 valence electrons. The molecule has 0 aliphatic carbocycles. The Labute approximate surface area is 190 Å². The molecule has 0 saturated heterocycles. The SMILES string of the molecule is O=C(Nc1ccc(C(=O)N2Cc3ccc(Cl)n3Cc3ccccc32)cc1)c1ccccc1. The summed E-state index contributed by atoms with van der Waals surface area (Å²) in [6.45, 7) is 1.04. The molecule has 1 aliphatic heterocycles. The van der Waals surface area contributed by atoms with Crippen LogP contribution in [0.15, 0.2) is 91.0 Å². The third kappa shape index (κ3) is 3.79. The summed E-state index contributed by atoms with van der Waals surface area (Å²) in [6, 6.07) is 27.7. The molecule has 0 bridgehead atoms. The number of aromatic nitrogens is 1. The highest BCUT2D eigenvalue weighted by molar-refractivity contribution is 6.29. The topological polar surface area (TPSA) is 54.3 Å². The van der Waals surface area contributed by atoms with Gasteiger partial charge < -0.3 is 14.8 Å². The number of carbonyl (C=O) groups excluding carboxylic acids is 2. The molecule has 1 N–H and O–H groups in total. The molecule has 5 rings (SSSR count). The van der Waals surface area contributed by atoms with E-state index in [2.05, 4.69) is 5.32 Å². The van der Waals surface area contributed by atoms with Gasteiger partial charge in [0.05, 0.1) is 13.1 Å². The highest BCUT2D eigenvalue weighted by atomic mass is 35.5. The molecule has 5 nitrogen and oxygen atoms in total. The average Bonchev–Trinajstić information content (AvgIpc) is 3.08. The van der Waals surface area contributed by atoms with Crippen LogP contribution in [0.1, 0.15) is 32.0 Å². The molecule has 2 amide bonds. The van der Waals surface area contributed by atoms with E-state index < -0.39 is 0 Å². The number of para-hydroxylation sites is 1. The number of hydrogen-bond acceptors (Lipinski definition) is 2. The zero-order valence-electron chi connectivity index (χ0n) is 17.2. The maximum Gasteiger partial charge on any atom is 0.258 e. The number of halogens is 1. The summed E-state index contributed by atoms with van der Waals surface area (Å²) >= 11 is 6.37. The van der Waals surface area contributed by atoms with Crippen molar-refractivity contribution in [2.45, 2.75) is 13.1 Å². The van der Waals surface area contributed by atoms with Crippen molar-refractivity contribution in [3.05, 3.63) is 119 Å². The van der Waals surface area contributed by atoms with Gasteiger partial charge in [-0.05, 0) is 60.2 Å². The highest BCUT2D eigenvalue weighted by Gasteiger charge is 2.25. The van der Waals surface area contributed by atoms with E-state index in [-0.39, 0.29) is 11.8 Å². The molecule has 2 heterocycles. The van der Waals surface area contributed by atoms with E-state index in [0.29, 0.717) is 35.1 Å². The Balaban J connectivity index is 1.40. The molecule has 32 heavy (non-hydrogen) atoms. The smallest absolute Gasteiger partial charge is 0.258 e. The first kappa shape index (κ1) is 20.1. The maximum absolute atomic E-state index is 13.5. The molecule has 1 aromatic heterocycles. The summed E-state index contributed by atoms with van der Waals surface area (Å²) in [5.41, 5.74) is 4.64. The van der Waals surface area contributed by atoms with Gasteiger partial charge in [-0.15, -0.1) is 0 Å². The Morgan fingerprint density at radius 1 is 0.750 bits per heavy atom. The van der Waals surface area contributed by atoms with Crippen LogP contribution in [0.25, 0.3) is 0 Å². The second-order valence-corrected chi connectivity index (χ2v) is 8.04. The van der Waals surface area contributed by atoms with E-state index in [1.165, 1.54) is 0 Å². The molecular formula is C26H20ClN3O2. The van der Waals surface area contributed by atoms with Crippen molar-refractivity contribution >= 4 is 34.8 Å². The van der Waals surface area contributed by atoms with E-state index in [1.807, 2.05) is 59.2 Å². The van der Waals surface area contributed by atoms with Crippen LogP contribution in [-0.4, -0.2) is 16.4 Å². The molecule has 6 heteroatoms. The van der Waals surface area contributed by atoms with Crippen molar-refractivity contribution in [1.82, 2.24) is 4.57 Å². The molecule has 4 aromatic rings. The summed E-state index contributed by atoms with van der Waals surface area (Å²) in [5.74, 6) is -0.298. The molecule has 0 atom stereocenters. The van der Waals surface area contributed by atoms with Gasteiger partial charge in [-0.1, -0.05) is 48.0 Å². The zero-order valence-corrected chi connectivity index (χ0v) is 17.9. The van der Waals surface area contributed by atoms with Crippen LogP contribution in [0.3, 0.4) is 0 Å². The number of carbonyl (C=O) groups is 2. The van der Waals surface area contributed by atoms with Crippen LogP contribution < -0.4 is 10.2 Å². The van der Waals surface area contributed by atoms with Crippen molar-refractivity contribution in [2.75, 3.05) is 10.2 Å². The zero-order chi connectivity index (χ0) is 22.1. The third-order valence-corrected chi connectivity index (χ3v) is 5.95. The minimum Gasteiger partial charge on any atom is -0.330 e. The van der Waals surface area contributed by atoms with Gasteiger partial charge in [-0.2, -0.15) is 0 Å². The molecular weight excluding hydrogens is 422 g/mol. The number of hydrogen-bond donors (Lipinski definition) is 1. The first-order valence-electron chi connectivity index (χ1n) is 10.3. The molecule has 0 spiro atoms. The molecule has 3 aromatic carbocycles. The molecule has 0 fully saturated rings. The van der Waals surface area contributed by atoms with Crippen LogP contribution in [0.5, 0.6) is 0 Å². The van der Waals surface area contributed by atoms with E-state index >= 15 is 0 Å². The lowest BCUT2D eigenvalue weighted by molar-refractivity contribution is 0.0983. The van der Waals surface area contributed by atoms with Gasteiger partial charge in [0.2, 0.25) is 0 Å². The minimum atomic E-state index is -0.191. The average molecular weight is 442 g/mol. The number of amides is 2. The van der Waals surface area contributed by atoms with Crippen molar-refractivity contribution < 1.29 is 9.59 Å². The van der Waals surface area contributed by atoms with Crippen LogP contribution in [0, 0.1) is 0 Å². The molecule has 0 radical (unpaired) electrons. The van der Waals surface area contributed by atoms with Gasteiger partial charge in [-0.25, -0.2) is 0 Å². The standard InChI is InChI=1S/C26H20ClN3O2/c27-24-15-14-22-17-30(23-9-5-4-8-20(23)16-29(22)24)26(32)19-10-12-21(13-11-19)28-25(31)18-6-2-1-3-7-18/h1-15H,16-17H2,(H,28,31). The Morgan fingerprint density at radius 2 is 1.47 bits per heavy atom. The lowest BCUT2D eigenvalue weighted by Gasteiger charge is -2.23. The van der Waals surface area contributed by atoms with Crippen molar-refractivity contribution in [1.29, 1.82) is 0 Å². The number of benzene rings is 3. The third-order valence-electron chi connectivity index (χ3n) is 5.62. The quantitative estimate of drug-likeness (QED) is 0.449. The first-order valence-corrected chi connectivity index (χ1v) is 10.7. The van der Waals surface area contributed by atoms with E-state index in [1.54, 1.807) is 41.3 Å². The van der Waals surface area contributed by atoms with Gasteiger partial charge in [0.1, 0.15) is 5.15 Å². The van der Waals surface area contributed by atoms with Gasteiger partial charge in [0.15, 0.2) is 0 Å². The Bertz CT molecular complexity index is 1300. The number of nitrogens with zero attached hydrogens (tertiary/aromatic N) is 2. The molecule has 0 saturated carbocycles. The highest BCUT2D eigenvalue weighted by Crippen LogP contribution is 2.31. The normalized spacial score (nSPS) is 12.5. The summed E-state index contributed by atoms with van der Waals surface area (Å²) in [7, 11) is 0. The summed E-state index contributed by atoms with van der Waals surface area (Å²) in [5, 5.41) is 3.52. The maximum atomic E-state index is 13.5. The minimum absolute atomic E-state index is 0.107. The van der Waals surface area contributed by atoms with Crippen LogP contribution in [0.2, 0.25) is 5.15 Å². The van der Waals surface area contributed by atoms with Gasteiger partial charge in [-0.3, -0.25) is 9.59 Å². The van der Waals surface area contributed by atoms with E-state index in [0.717, 1.165) is 16.9 Å². The lowest BCUT2D eigenvalue weighted by Crippen LogP contribution is -2.30. The fourth-order valence-electron chi connectivity index (χ4n) is 3.95. The van der Waals surface area contributed by atoms with E-state index in [9.17, 15) is 9.59 Å². The van der Waals surface area contributed by atoms with Crippen LogP contribution in [0.4, 0.5) is 11.4 Å². The number of fused-ring (bicyclic) bond motifs is 2. The van der Waals surface area contributed by atoms with Crippen molar-refractivity contribution in [3.63, 3.8) is 0 Å². The Kier molecular flexibility index (Phi) is 5.25. The Hall–Kier alpha value is -3.83. The van der Waals surface area contributed by atoms with Gasteiger partial charge >= 0.3 is 0 Å². The van der Waals surface area contributed by atoms with Crippen molar-refractivity contribution in [3.8, 4) is 0 Å². The number of rotatable bonds is 3. The second kappa shape index (κ2) is 8.36. The Morgan fingerprint density at radius 3 is 2.25 bits per heavy atom. The van der Waals surface area contributed by atoms with Gasteiger partial charge in [0, 0.05) is 28.2 Å². The first-order chi connectivity index (χ1) is 15.6. The summed E-state index contributed by atoms with van der Waals surface area (Å²) in [4.78, 5) is 27.6. The fourth-order valence-corrected chi connectivity index (χ4v) is 4.18. The van der Waals surface area contributed by atoms with Crippen LogP contribution >= 0.6 is 11.6 Å². The van der Waals surface area contributed by atoms with Crippen LogP contribution in [-0.2, 0) is 13.1 Å². The van der Waals surface area contributed by atoms with Crippen molar-refractivity contribution in [2.24, 2.45) is 0 Å². The summed E-state index contributed by atoms with van der Waals surface area (Å²) < 4.78 is 2.02. The fraction of sp³-hybridized carbons (Fsp3) is 0.0769. The summed E-state index contributed by atoms with van der Waals surface area (Å²) in [6.07, 6.45) is 0. The second-order valence-electron chi connectivity index (χ2n) is 7.65. The molecule has 0 unspecified atom stereocenters. The monoisotopic (exact) mass is 441 g/mol. The number of nitrogens with one attached hydrogen (secondary N) is 1. The number of anilines is 2. The predicted octanol–water partition coefficient (Wildman–Crippen LogP) is 5.60.